The Morgan fingerprint density at radius 3 is 3.11 bits per heavy atom. The van der Waals surface area contributed by atoms with Gasteiger partial charge in [-0.25, -0.2) is 4.39 Å². The number of H-pyrrole nitrogens is 1. The number of aryl methyl sites for hydroxylation is 1. The number of aromatic nitrogens is 1. The second kappa shape index (κ2) is 4.73. The van der Waals surface area contributed by atoms with Gasteiger partial charge in [-0.05, 0) is 37.4 Å². The van der Waals surface area contributed by atoms with Crippen LogP contribution in [-0.4, -0.2) is 11.5 Å². The summed E-state index contributed by atoms with van der Waals surface area (Å²) in [5.74, 6) is -0.143. The second-order valence-corrected chi connectivity index (χ2v) is 5.04. The van der Waals surface area contributed by atoms with Crippen molar-refractivity contribution in [1.82, 2.24) is 10.3 Å². The Morgan fingerprint density at radius 2 is 2.28 bits per heavy atom. The molecular formula is C15H19FN2. The molecule has 0 aliphatic heterocycles. The Balaban J connectivity index is 2.19. The van der Waals surface area contributed by atoms with Crippen LogP contribution in [0, 0.1) is 5.82 Å². The van der Waals surface area contributed by atoms with Gasteiger partial charge in [0.2, 0.25) is 0 Å². The smallest absolute Gasteiger partial charge is 0.147 e. The highest BCUT2D eigenvalue weighted by Gasteiger charge is 2.23. The Kier molecular flexibility index (Phi) is 3.08. The van der Waals surface area contributed by atoms with Gasteiger partial charge >= 0.3 is 0 Å². The fourth-order valence-corrected chi connectivity index (χ4v) is 3.10. The maximum atomic E-state index is 13.8. The normalized spacial score (nSPS) is 19.8. The lowest BCUT2D eigenvalue weighted by Crippen LogP contribution is -2.20. The zero-order valence-corrected chi connectivity index (χ0v) is 10.7. The van der Waals surface area contributed by atoms with Crippen molar-refractivity contribution in [1.29, 1.82) is 0 Å². The molecule has 1 aliphatic carbocycles. The van der Waals surface area contributed by atoms with Crippen molar-refractivity contribution in [3.05, 3.63) is 35.3 Å². The number of hydrogen-bond donors (Lipinski definition) is 2. The summed E-state index contributed by atoms with van der Waals surface area (Å²) >= 11 is 0. The molecule has 0 fully saturated rings. The van der Waals surface area contributed by atoms with Gasteiger partial charge in [0.05, 0.1) is 5.52 Å². The van der Waals surface area contributed by atoms with E-state index in [2.05, 4.69) is 17.2 Å². The van der Waals surface area contributed by atoms with Gasteiger partial charge in [-0.2, -0.15) is 0 Å². The van der Waals surface area contributed by atoms with Crippen LogP contribution in [0.3, 0.4) is 0 Å². The zero-order chi connectivity index (χ0) is 12.5. The van der Waals surface area contributed by atoms with Crippen LogP contribution in [0.5, 0.6) is 0 Å². The number of benzene rings is 1. The van der Waals surface area contributed by atoms with Crippen LogP contribution in [0.4, 0.5) is 4.39 Å². The maximum Gasteiger partial charge on any atom is 0.147 e. The third kappa shape index (κ3) is 1.83. The predicted octanol–water partition coefficient (Wildman–Crippen LogP) is 3.68. The van der Waals surface area contributed by atoms with Gasteiger partial charge in [0.15, 0.2) is 0 Å². The fourth-order valence-electron chi connectivity index (χ4n) is 3.10. The average Bonchev–Trinajstić information content (AvgIpc) is 2.62. The van der Waals surface area contributed by atoms with E-state index in [4.69, 9.17) is 0 Å². The van der Waals surface area contributed by atoms with Gasteiger partial charge < -0.3 is 10.3 Å². The van der Waals surface area contributed by atoms with E-state index < -0.39 is 0 Å². The highest BCUT2D eigenvalue weighted by atomic mass is 19.1. The highest BCUT2D eigenvalue weighted by molar-refractivity contribution is 5.85. The minimum atomic E-state index is -0.143. The third-order valence-corrected chi connectivity index (χ3v) is 3.87. The van der Waals surface area contributed by atoms with Crippen LogP contribution < -0.4 is 5.32 Å². The van der Waals surface area contributed by atoms with Crippen LogP contribution in [0.1, 0.15) is 43.5 Å². The molecule has 2 aromatic rings. The van der Waals surface area contributed by atoms with Crippen LogP contribution in [0.25, 0.3) is 10.9 Å². The van der Waals surface area contributed by atoms with Gasteiger partial charge in [-0.15, -0.1) is 0 Å². The molecule has 18 heavy (non-hydrogen) atoms. The molecular weight excluding hydrogens is 227 g/mol. The van der Waals surface area contributed by atoms with E-state index in [9.17, 15) is 4.39 Å². The second-order valence-electron chi connectivity index (χ2n) is 5.04. The summed E-state index contributed by atoms with van der Waals surface area (Å²) in [6, 6.07) is 5.73. The number of hydrogen-bond acceptors (Lipinski definition) is 1. The first-order valence-corrected chi connectivity index (χ1v) is 6.83. The van der Waals surface area contributed by atoms with Crippen molar-refractivity contribution < 1.29 is 4.39 Å². The van der Waals surface area contributed by atoms with E-state index >= 15 is 0 Å². The molecule has 2 nitrogen and oxygen atoms in total. The number of nitrogens with one attached hydrogen (secondary N) is 2. The molecule has 1 aromatic heterocycles. The van der Waals surface area contributed by atoms with E-state index in [0.29, 0.717) is 11.6 Å². The summed E-state index contributed by atoms with van der Waals surface area (Å²) in [4.78, 5) is 3.30. The van der Waals surface area contributed by atoms with E-state index in [1.165, 1.54) is 30.2 Å². The number of fused-ring (bicyclic) bond motifs is 3. The molecule has 0 spiro atoms. The van der Waals surface area contributed by atoms with E-state index in [-0.39, 0.29) is 5.82 Å². The van der Waals surface area contributed by atoms with Gasteiger partial charge in [0, 0.05) is 17.1 Å². The lowest BCUT2D eigenvalue weighted by molar-refractivity contribution is 0.506. The molecule has 1 aliphatic rings. The quantitative estimate of drug-likeness (QED) is 0.777. The van der Waals surface area contributed by atoms with E-state index in [0.717, 1.165) is 24.8 Å². The summed E-state index contributed by atoms with van der Waals surface area (Å²) in [7, 11) is 0. The van der Waals surface area contributed by atoms with Crippen molar-refractivity contribution in [3.8, 4) is 0 Å². The highest BCUT2D eigenvalue weighted by Crippen LogP contribution is 2.35. The topological polar surface area (TPSA) is 27.8 Å². The van der Waals surface area contributed by atoms with Crippen LogP contribution in [0.15, 0.2) is 18.2 Å². The minimum absolute atomic E-state index is 0.143. The molecule has 0 radical (unpaired) electrons. The summed E-state index contributed by atoms with van der Waals surface area (Å²) < 4.78 is 13.8. The first kappa shape index (κ1) is 11.7. The summed E-state index contributed by atoms with van der Waals surface area (Å²) in [6.45, 7) is 3.08. The SMILES string of the molecule is CCNC1CCCCc2[nH]c3c(F)cccc3c21. The molecule has 0 saturated heterocycles. The van der Waals surface area contributed by atoms with Crippen molar-refractivity contribution in [2.45, 2.75) is 38.6 Å². The lowest BCUT2D eigenvalue weighted by atomic mass is 10.0. The molecule has 3 rings (SSSR count). The van der Waals surface area contributed by atoms with Crippen molar-refractivity contribution in [3.63, 3.8) is 0 Å². The van der Waals surface area contributed by atoms with E-state index in [1.807, 2.05) is 6.07 Å². The number of halogens is 1. The molecule has 96 valence electrons. The standard InChI is InChI=1S/C15H19FN2/c1-2-17-12-8-3-4-9-13-14(12)10-6-5-7-11(16)15(10)18-13/h5-7,12,17-18H,2-4,8-9H2,1H3. The van der Waals surface area contributed by atoms with Crippen molar-refractivity contribution in [2.75, 3.05) is 6.54 Å². The molecule has 1 unspecified atom stereocenters. The molecule has 3 heteroatoms. The summed E-state index contributed by atoms with van der Waals surface area (Å²) in [5, 5.41) is 4.59. The molecule has 2 N–H and O–H groups in total. The van der Waals surface area contributed by atoms with Crippen molar-refractivity contribution >= 4 is 10.9 Å². The largest absolute Gasteiger partial charge is 0.356 e. The molecule has 1 heterocycles. The van der Waals surface area contributed by atoms with Crippen LogP contribution >= 0.6 is 0 Å². The summed E-state index contributed by atoms with van der Waals surface area (Å²) in [6.07, 6.45) is 4.59. The Bertz CT molecular complexity index is 559. The molecule has 1 aromatic carbocycles. The van der Waals surface area contributed by atoms with Crippen molar-refractivity contribution in [2.24, 2.45) is 0 Å². The zero-order valence-electron chi connectivity index (χ0n) is 10.7. The molecule has 0 bridgehead atoms. The molecule has 1 atom stereocenters. The predicted molar refractivity (Wildman–Crippen MR) is 72.2 cm³/mol. The minimum Gasteiger partial charge on any atom is -0.356 e. The van der Waals surface area contributed by atoms with Gasteiger partial charge in [0.25, 0.3) is 0 Å². The Morgan fingerprint density at radius 1 is 1.39 bits per heavy atom. The number of para-hydroxylation sites is 1. The third-order valence-electron chi connectivity index (χ3n) is 3.87. The Labute approximate surface area is 107 Å². The first-order chi connectivity index (χ1) is 8.81. The number of aromatic amines is 1. The van der Waals surface area contributed by atoms with Crippen LogP contribution in [0.2, 0.25) is 0 Å². The van der Waals surface area contributed by atoms with E-state index in [1.54, 1.807) is 6.07 Å². The molecule has 0 amide bonds. The fraction of sp³-hybridized carbons (Fsp3) is 0.467. The average molecular weight is 246 g/mol. The first-order valence-electron chi connectivity index (χ1n) is 6.83. The van der Waals surface area contributed by atoms with Crippen LogP contribution in [-0.2, 0) is 6.42 Å². The monoisotopic (exact) mass is 246 g/mol. The lowest BCUT2D eigenvalue weighted by Gasteiger charge is -2.16. The number of rotatable bonds is 2. The summed E-state index contributed by atoms with van der Waals surface area (Å²) in [5.41, 5.74) is 3.19. The van der Waals surface area contributed by atoms with Gasteiger partial charge in [-0.3, -0.25) is 0 Å². The van der Waals surface area contributed by atoms with Gasteiger partial charge in [-0.1, -0.05) is 25.5 Å². The Hall–Kier alpha value is -1.35. The van der Waals surface area contributed by atoms with Gasteiger partial charge in [0.1, 0.15) is 5.82 Å². The maximum absolute atomic E-state index is 13.8. The molecule has 0 saturated carbocycles.